The van der Waals surface area contributed by atoms with E-state index in [1.165, 1.54) is 12.8 Å². The second-order valence-electron chi connectivity index (χ2n) is 5.14. The standard InChI is InChI=1S/C14H22N4O2/c1-10(11-3-4-11)18(7-8-20-2)14(19)13-9-12(17-15)5-6-16-13/h5-6,9-11H,3-4,7-8,15H2,1-2H3,(H,16,17). The number of anilines is 1. The molecule has 1 atom stereocenters. The number of carbonyl (C=O) groups is 1. The molecule has 1 saturated carbocycles. The van der Waals surface area contributed by atoms with Gasteiger partial charge in [-0.15, -0.1) is 0 Å². The van der Waals surface area contributed by atoms with Crippen LogP contribution in [0.5, 0.6) is 0 Å². The van der Waals surface area contributed by atoms with Crippen LogP contribution in [-0.4, -0.2) is 42.1 Å². The van der Waals surface area contributed by atoms with Crippen LogP contribution in [0.2, 0.25) is 0 Å². The van der Waals surface area contributed by atoms with Gasteiger partial charge in [0.2, 0.25) is 0 Å². The molecule has 1 unspecified atom stereocenters. The Morgan fingerprint density at radius 3 is 3.00 bits per heavy atom. The minimum absolute atomic E-state index is 0.0708. The van der Waals surface area contributed by atoms with Crippen LogP contribution in [0.3, 0.4) is 0 Å². The molecule has 1 aromatic heterocycles. The van der Waals surface area contributed by atoms with E-state index in [0.29, 0.717) is 30.5 Å². The van der Waals surface area contributed by atoms with Gasteiger partial charge < -0.3 is 15.1 Å². The number of ether oxygens (including phenoxy) is 1. The van der Waals surface area contributed by atoms with E-state index in [1.54, 1.807) is 25.4 Å². The van der Waals surface area contributed by atoms with Gasteiger partial charge in [0.15, 0.2) is 0 Å². The Morgan fingerprint density at radius 1 is 1.65 bits per heavy atom. The number of aromatic nitrogens is 1. The van der Waals surface area contributed by atoms with Gasteiger partial charge in [0.25, 0.3) is 5.91 Å². The predicted octanol–water partition coefficient (Wildman–Crippen LogP) is 1.25. The summed E-state index contributed by atoms with van der Waals surface area (Å²) in [6.45, 7) is 3.20. The van der Waals surface area contributed by atoms with E-state index in [9.17, 15) is 4.79 Å². The number of methoxy groups -OCH3 is 1. The van der Waals surface area contributed by atoms with Gasteiger partial charge in [-0.2, -0.15) is 0 Å². The first-order valence-electron chi connectivity index (χ1n) is 6.90. The van der Waals surface area contributed by atoms with E-state index in [4.69, 9.17) is 10.6 Å². The molecule has 1 aromatic rings. The predicted molar refractivity (Wildman–Crippen MR) is 77.1 cm³/mol. The number of nitrogen functional groups attached to an aromatic ring is 1. The number of nitrogens with one attached hydrogen (secondary N) is 1. The number of amides is 1. The Hall–Kier alpha value is -1.66. The summed E-state index contributed by atoms with van der Waals surface area (Å²) < 4.78 is 5.11. The fourth-order valence-corrected chi connectivity index (χ4v) is 2.30. The lowest BCUT2D eigenvalue weighted by Gasteiger charge is -2.29. The van der Waals surface area contributed by atoms with Crippen LogP contribution in [0.25, 0.3) is 0 Å². The highest BCUT2D eigenvalue weighted by molar-refractivity contribution is 5.93. The molecule has 0 aliphatic heterocycles. The number of nitrogens with zero attached hydrogens (tertiary/aromatic N) is 2. The molecule has 1 aliphatic rings. The highest BCUT2D eigenvalue weighted by Gasteiger charge is 2.34. The lowest BCUT2D eigenvalue weighted by molar-refractivity contribution is 0.0589. The summed E-state index contributed by atoms with van der Waals surface area (Å²) in [4.78, 5) is 18.6. The van der Waals surface area contributed by atoms with Crippen molar-refractivity contribution in [3.05, 3.63) is 24.0 Å². The molecule has 1 heterocycles. The molecular formula is C14H22N4O2. The van der Waals surface area contributed by atoms with Crippen molar-refractivity contribution >= 4 is 11.6 Å². The maximum atomic E-state index is 12.6. The van der Waals surface area contributed by atoms with Crippen LogP contribution in [-0.2, 0) is 4.74 Å². The molecular weight excluding hydrogens is 256 g/mol. The molecule has 0 spiro atoms. The van der Waals surface area contributed by atoms with Crippen LogP contribution >= 0.6 is 0 Å². The molecule has 0 radical (unpaired) electrons. The molecule has 0 saturated heterocycles. The van der Waals surface area contributed by atoms with Crippen molar-refractivity contribution in [1.82, 2.24) is 9.88 Å². The highest BCUT2D eigenvalue weighted by atomic mass is 16.5. The van der Waals surface area contributed by atoms with Crippen molar-refractivity contribution in [2.24, 2.45) is 11.8 Å². The van der Waals surface area contributed by atoms with Crippen LogP contribution in [0.15, 0.2) is 18.3 Å². The second kappa shape index (κ2) is 6.67. The Bertz CT molecular complexity index is 462. The first-order chi connectivity index (χ1) is 9.67. The van der Waals surface area contributed by atoms with Gasteiger partial charge in [0.1, 0.15) is 5.69 Å². The van der Waals surface area contributed by atoms with E-state index in [-0.39, 0.29) is 11.9 Å². The molecule has 0 bridgehead atoms. The number of hydrogen-bond acceptors (Lipinski definition) is 5. The third-order valence-electron chi connectivity index (χ3n) is 3.74. The zero-order chi connectivity index (χ0) is 14.5. The molecule has 20 heavy (non-hydrogen) atoms. The van der Waals surface area contributed by atoms with Crippen molar-refractivity contribution in [2.75, 3.05) is 25.7 Å². The van der Waals surface area contributed by atoms with Crippen molar-refractivity contribution in [2.45, 2.75) is 25.8 Å². The number of nitrogens with two attached hydrogens (primary N) is 1. The lowest BCUT2D eigenvalue weighted by atomic mass is 10.1. The summed E-state index contributed by atoms with van der Waals surface area (Å²) in [6, 6.07) is 3.61. The molecule has 110 valence electrons. The van der Waals surface area contributed by atoms with Gasteiger partial charge in [0, 0.05) is 25.9 Å². The van der Waals surface area contributed by atoms with E-state index in [2.05, 4.69) is 17.3 Å². The smallest absolute Gasteiger partial charge is 0.272 e. The third kappa shape index (κ3) is 3.46. The minimum atomic E-state index is -0.0708. The van der Waals surface area contributed by atoms with Gasteiger partial charge in [-0.1, -0.05) is 0 Å². The maximum Gasteiger partial charge on any atom is 0.272 e. The quantitative estimate of drug-likeness (QED) is 0.579. The average Bonchev–Trinajstić information content (AvgIpc) is 3.32. The molecule has 6 nitrogen and oxygen atoms in total. The second-order valence-corrected chi connectivity index (χ2v) is 5.14. The van der Waals surface area contributed by atoms with Gasteiger partial charge in [0.05, 0.1) is 12.3 Å². The molecule has 1 amide bonds. The topological polar surface area (TPSA) is 80.5 Å². The monoisotopic (exact) mass is 278 g/mol. The SMILES string of the molecule is COCCN(C(=O)c1cc(NN)ccn1)C(C)C1CC1. The number of carbonyl (C=O) groups excluding carboxylic acids is 1. The number of rotatable bonds is 7. The summed E-state index contributed by atoms with van der Waals surface area (Å²) in [5.41, 5.74) is 3.61. The van der Waals surface area contributed by atoms with Gasteiger partial charge >= 0.3 is 0 Å². The van der Waals surface area contributed by atoms with Crippen molar-refractivity contribution in [3.8, 4) is 0 Å². The number of hydrazine groups is 1. The van der Waals surface area contributed by atoms with E-state index in [0.717, 1.165) is 0 Å². The Morgan fingerprint density at radius 2 is 2.40 bits per heavy atom. The van der Waals surface area contributed by atoms with Crippen LogP contribution in [0, 0.1) is 5.92 Å². The van der Waals surface area contributed by atoms with Gasteiger partial charge in [-0.3, -0.25) is 15.6 Å². The average molecular weight is 278 g/mol. The minimum Gasteiger partial charge on any atom is -0.383 e. The Balaban J connectivity index is 2.15. The van der Waals surface area contributed by atoms with Crippen molar-refractivity contribution in [3.63, 3.8) is 0 Å². The summed E-state index contributed by atoms with van der Waals surface area (Å²) in [5.74, 6) is 5.90. The highest BCUT2D eigenvalue weighted by Crippen LogP contribution is 2.35. The summed E-state index contributed by atoms with van der Waals surface area (Å²) in [5, 5.41) is 0. The van der Waals surface area contributed by atoms with Crippen molar-refractivity contribution < 1.29 is 9.53 Å². The van der Waals surface area contributed by atoms with E-state index < -0.39 is 0 Å². The van der Waals surface area contributed by atoms with Crippen molar-refractivity contribution in [1.29, 1.82) is 0 Å². The molecule has 0 aromatic carbocycles. The summed E-state index contributed by atoms with van der Waals surface area (Å²) in [6.07, 6.45) is 3.96. The first kappa shape index (κ1) is 14.7. The zero-order valence-corrected chi connectivity index (χ0v) is 12.0. The summed E-state index contributed by atoms with van der Waals surface area (Å²) in [7, 11) is 1.64. The largest absolute Gasteiger partial charge is 0.383 e. The van der Waals surface area contributed by atoms with Gasteiger partial charge in [-0.05, 0) is 37.8 Å². The molecule has 3 N–H and O–H groups in total. The normalized spacial score (nSPS) is 15.8. The zero-order valence-electron chi connectivity index (χ0n) is 12.0. The Kier molecular flexibility index (Phi) is 4.92. The molecule has 6 heteroatoms. The van der Waals surface area contributed by atoms with Crippen LogP contribution in [0.1, 0.15) is 30.3 Å². The summed E-state index contributed by atoms with van der Waals surface area (Å²) >= 11 is 0. The first-order valence-corrected chi connectivity index (χ1v) is 6.90. The van der Waals surface area contributed by atoms with Crippen LogP contribution in [0.4, 0.5) is 5.69 Å². The molecule has 2 rings (SSSR count). The van der Waals surface area contributed by atoms with Gasteiger partial charge in [-0.25, -0.2) is 0 Å². The Labute approximate surface area is 119 Å². The molecule has 1 fully saturated rings. The fraction of sp³-hybridized carbons (Fsp3) is 0.571. The van der Waals surface area contributed by atoms with E-state index >= 15 is 0 Å². The van der Waals surface area contributed by atoms with Crippen LogP contribution < -0.4 is 11.3 Å². The number of hydrogen-bond donors (Lipinski definition) is 2. The molecule has 1 aliphatic carbocycles. The third-order valence-corrected chi connectivity index (χ3v) is 3.74. The maximum absolute atomic E-state index is 12.6. The number of pyridine rings is 1. The fourth-order valence-electron chi connectivity index (χ4n) is 2.30. The van der Waals surface area contributed by atoms with E-state index in [1.807, 2.05) is 4.90 Å². The lowest BCUT2D eigenvalue weighted by Crippen LogP contribution is -2.42.